The van der Waals surface area contributed by atoms with Gasteiger partial charge in [0.2, 0.25) is 0 Å². The maximum atomic E-state index is 13.2. The van der Waals surface area contributed by atoms with E-state index in [0.717, 1.165) is 22.2 Å². The van der Waals surface area contributed by atoms with Gasteiger partial charge in [-0.3, -0.25) is 9.59 Å². The summed E-state index contributed by atoms with van der Waals surface area (Å²) in [4.78, 5) is 27.2. The zero-order valence-electron chi connectivity index (χ0n) is 13.5. The van der Waals surface area contributed by atoms with Gasteiger partial charge >= 0.3 is 0 Å². The number of hydrogen-bond donors (Lipinski definition) is 1. The van der Waals surface area contributed by atoms with E-state index in [2.05, 4.69) is 0 Å². The van der Waals surface area contributed by atoms with Crippen LogP contribution in [0.5, 0.6) is 0 Å². The number of aryl methyl sites for hydroxylation is 1. The fraction of sp³-hybridized carbons (Fsp3) is 0.158. The smallest absolute Gasteiger partial charge is 0.272 e. The Morgan fingerprint density at radius 1 is 1.00 bits per heavy atom. The Kier molecular flexibility index (Phi) is 5.01. The first kappa shape index (κ1) is 17.4. The van der Waals surface area contributed by atoms with E-state index < -0.39 is 17.6 Å². The second-order valence-electron chi connectivity index (χ2n) is 5.56. The van der Waals surface area contributed by atoms with Crippen molar-refractivity contribution in [2.24, 2.45) is 0 Å². The number of amides is 2. The number of anilines is 1. The van der Waals surface area contributed by atoms with Gasteiger partial charge in [-0.2, -0.15) is 0 Å². The normalized spacial score (nSPS) is 14.6. The number of benzene rings is 2. The molecule has 0 saturated carbocycles. The molecule has 25 heavy (non-hydrogen) atoms. The van der Waals surface area contributed by atoms with Crippen molar-refractivity contribution in [2.75, 3.05) is 17.3 Å². The molecule has 1 aliphatic rings. The van der Waals surface area contributed by atoms with Gasteiger partial charge in [-0.25, -0.2) is 9.29 Å². The van der Waals surface area contributed by atoms with Gasteiger partial charge in [0.25, 0.3) is 11.8 Å². The maximum absolute atomic E-state index is 13.2. The van der Waals surface area contributed by atoms with Gasteiger partial charge in [-0.15, -0.1) is 11.8 Å². The minimum absolute atomic E-state index is 0.114. The molecule has 1 aliphatic heterocycles. The Morgan fingerprint density at radius 3 is 2.24 bits per heavy atom. The molecule has 2 amide bonds. The van der Waals surface area contributed by atoms with Crippen molar-refractivity contribution in [3.63, 3.8) is 0 Å². The van der Waals surface area contributed by atoms with E-state index in [1.54, 1.807) is 12.1 Å². The lowest BCUT2D eigenvalue weighted by Gasteiger charge is -2.15. The molecule has 2 aromatic rings. The first-order valence-corrected chi connectivity index (χ1v) is 8.71. The number of imide groups is 1. The minimum atomic E-state index is -0.444. The Labute approximate surface area is 149 Å². The summed E-state index contributed by atoms with van der Waals surface area (Å²) in [6.07, 6.45) is 0. The third-order valence-corrected chi connectivity index (χ3v) is 4.86. The van der Waals surface area contributed by atoms with E-state index in [1.807, 2.05) is 19.1 Å². The summed E-state index contributed by atoms with van der Waals surface area (Å²) in [5, 5.41) is 9.08. The summed E-state index contributed by atoms with van der Waals surface area (Å²) in [6.45, 7) is 1.80. The molecule has 0 atom stereocenters. The van der Waals surface area contributed by atoms with Crippen molar-refractivity contribution in [1.82, 2.24) is 0 Å². The quantitative estimate of drug-likeness (QED) is 0.836. The van der Waals surface area contributed by atoms with Gasteiger partial charge in [-0.05, 0) is 36.8 Å². The van der Waals surface area contributed by atoms with Crippen molar-refractivity contribution in [1.29, 1.82) is 0 Å². The monoisotopic (exact) mass is 357 g/mol. The second-order valence-corrected chi connectivity index (χ2v) is 6.67. The van der Waals surface area contributed by atoms with E-state index >= 15 is 0 Å². The van der Waals surface area contributed by atoms with Crippen LogP contribution in [0.3, 0.4) is 0 Å². The second kappa shape index (κ2) is 7.21. The highest BCUT2D eigenvalue weighted by molar-refractivity contribution is 8.04. The number of nitrogens with zero attached hydrogens (tertiary/aromatic N) is 1. The van der Waals surface area contributed by atoms with Crippen LogP contribution in [0.15, 0.2) is 53.4 Å². The number of carbonyl (C=O) groups is 2. The molecule has 0 radical (unpaired) electrons. The van der Waals surface area contributed by atoms with Crippen LogP contribution in [0.25, 0.3) is 5.57 Å². The maximum Gasteiger partial charge on any atom is 0.272 e. The predicted octanol–water partition coefficient (Wildman–Crippen LogP) is 3.14. The summed E-state index contributed by atoms with van der Waals surface area (Å²) in [6, 6.07) is 12.5. The molecule has 0 saturated heterocycles. The molecule has 0 bridgehead atoms. The minimum Gasteiger partial charge on any atom is -0.396 e. The van der Waals surface area contributed by atoms with Gasteiger partial charge in [0.1, 0.15) is 5.82 Å². The number of aliphatic hydroxyl groups is 1. The fourth-order valence-electron chi connectivity index (χ4n) is 2.59. The Bertz CT molecular complexity index is 844. The first-order chi connectivity index (χ1) is 12.0. The van der Waals surface area contributed by atoms with Gasteiger partial charge < -0.3 is 5.11 Å². The number of hydrogen-bond acceptors (Lipinski definition) is 4. The average molecular weight is 357 g/mol. The van der Waals surface area contributed by atoms with Crippen LogP contribution in [0.2, 0.25) is 0 Å². The molecule has 6 heteroatoms. The number of halogens is 1. The molecular weight excluding hydrogens is 341 g/mol. The summed E-state index contributed by atoms with van der Waals surface area (Å²) < 4.78 is 13.2. The number of carbonyl (C=O) groups excluding carboxylic acids is 2. The number of rotatable bonds is 5. The first-order valence-electron chi connectivity index (χ1n) is 7.72. The van der Waals surface area contributed by atoms with E-state index in [0.29, 0.717) is 17.0 Å². The van der Waals surface area contributed by atoms with Crippen molar-refractivity contribution in [3.8, 4) is 0 Å². The van der Waals surface area contributed by atoms with Gasteiger partial charge in [0.05, 0.1) is 22.8 Å². The Balaban J connectivity index is 2.05. The lowest BCUT2D eigenvalue weighted by atomic mass is 10.1. The standard InChI is InChI=1S/C19H16FNO3S/c1-12-2-8-15(9-3-12)21-18(23)16(13-4-6-14(20)7-5-13)17(19(21)24)25-11-10-22/h2-9,22H,10-11H2,1H3. The van der Waals surface area contributed by atoms with Crippen molar-refractivity contribution in [3.05, 3.63) is 70.4 Å². The summed E-state index contributed by atoms with van der Waals surface area (Å²) in [5.41, 5.74) is 2.23. The largest absolute Gasteiger partial charge is 0.396 e. The zero-order chi connectivity index (χ0) is 18.0. The highest BCUT2D eigenvalue weighted by atomic mass is 32.2. The molecule has 3 rings (SSSR count). The van der Waals surface area contributed by atoms with Crippen molar-refractivity contribution in [2.45, 2.75) is 6.92 Å². The summed E-state index contributed by atoms with van der Waals surface area (Å²) in [5.74, 6) is -0.991. The average Bonchev–Trinajstić information content (AvgIpc) is 2.85. The number of aliphatic hydroxyl groups excluding tert-OH is 1. The van der Waals surface area contributed by atoms with Gasteiger partial charge in [0.15, 0.2) is 0 Å². The third-order valence-electron chi connectivity index (χ3n) is 3.80. The molecule has 1 N–H and O–H groups in total. The molecule has 0 aliphatic carbocycles. The van der Waals surface area contributed by atoms with E-state index in [4.69, 9.17) is 5.11 Å². The highest BCUT2D eigenvalue weighted by Gasteiger charge is 2.40. The Morgan fingerprint density at radius 2 is 1.64 bits per heavy atom. The van der Waals surface area contributed by atoms with Crippen LogP contribution < -0.4 is 4.90 Å². The molecule has 4 nitrogen and oxygen atoms in total. The van der Waals surface area contributed by atoms with E-state index in [-0.39, 0.29) is 17.1 Å². The lowest BCUT2D eigenvalue weighted by Crippen LogP contribution is -2.31. The van der Waals surface area contributed by atoms with Crippen molar-refractivity contribution >= 4 is 34.8 Å². The van der Waals surface area contributed by atoms with Crippen LogP contribution >= 0.6 is 11.8 Å². The topological polar surface area (TPSA) is 57.6 Å². The van der Waals surface area contributed by atoms with Crippen LogP contribution in [0.4, 0.5) is 10.1 Å². The molecular formula is C19H16FNO3S. The highest BCUT2D eigenvalue weighted by Crippen LogP contribution is 2.38. The van der Waals surface area contributed by atoms with Crippen LogP contribution in [0.1, 0.15) is 11.1 Å². The van der Waals surface area contributed by atoms with Crippen molar-refractivity contribution < 1.29 is 19.1 Å². The third kappa shape index (κ3) is 3.36. The van der Waals surface area contributed by atoms with Crippen LogP contribution in [0, 0.1) is 12.7 Å². The number of thioether (sulfide) groups is 1. The van der Waals surface area contributed by atoms with Gasteiger partial charge in [0, 0.05) is 5.75 Å². The predicted molar refractivity (Wildman–Crippen MR) is 96.5 cm³/mol. The lowest BCUT2D eigenvalue weighted by molar-refractivity contribution is -0.119. The SMILES string of the molecule is Cc1ccc(N2C(=O)C(SCCO)=C(c3ccc(F)cc3)C2=O)cc1. The summed E-state index contributed by atoms with van der Waals surface area (Å²) in [7, 11) is 0. The fourth-order valence-corrected chi connectivity index (χ4v) is 3.45. The molecule has 0 aromatic heterocycles. The van der Waals surface area contributed by atoms with E-state index in [1.165, 1.54) is 24.3 Å². The van der Waals surface area contributed by atoms with Crippen LogP contribution in [-0.4, -0.2) is 29.3 Å². The molecule has 0 unspecified atom stereocenters. The zero-order valence-corrected chi connectivity index (χ0v) is 14.3. The molecule has 2 aromatic carbocycles. The Hall–Kier alpha value is -2.44. The molecule has 128 valence electrons. The summed E-state index contributed by atoms with van der Waals surface area (Å²) >= 11 is 1.13. The van der Waals surface area contributed by atoms with Crippen LogP contribution in [-0.2, 0) is 9.59 Å². The van der Waals surface area contributed by atoms with Gasteiger partial charge in [-0.1, -0.05) is 29.8 Å². The molecule has 0 spiro atoms. The van der Waals surface area contributed by atoms with E-state index in [9.17, 15) is 14.0 Å². The molecule has 0 fully saturated rings. The molecule has 1 heterocycles.